The van der Waals surface area contributed by atoms with Crippen LogP contribution in [0.5, 0.6) is 0 Å². The maximum Gasteiger partial charge on any atom is 0.0454 e. The molecule has 0 heterocycles. The van der Waals surface area contributed by atoms with Crippen LogP contribution in [0, 0.1) is 0 Å². The highest BCUT2D eigenvalue weighted by atomic mass is 32.2. The standard InChI is InChI=1S/C3H7FS2/c1-3(5)2-6-4/h3,5H,2H2,1H3. The summed E-state index contributed by atoms with van der Waals surface area (Å²) in [7, 11) is 0. The number of rotatable bonds is 2. The van der Waals surface area contributed by atoms with Gasteiger partial charge in [0.1, 0.15) is 0 Å². The highest BCUT2D eigenvalue weighted by Gasteiger charge is 1.90. The molecule has 0 aliphatic heterocycles. The summed E-state index contributed by atoms with van der Waals surface area (Å²) in [6, 6.07) is 0. The predicted molar refractivity (Wildman–Crippen MR) is 32.0 cm³/mol. The van der Waals surface area contributed by atoms with Crippen molar-refractivity contribution in [2.45, 2.75) is 12.2 Å². The van der Waals surface area contributed by atoms with Crippen molar-refractivity contribution >= 4 is 24.8 Å². The minimum Gasteiger partial charge on any atom is -0.175 e. The van der Waals surface area contributed by atoms with E-state index in [1.165, 1.54) is 0 Å². The number of hydrogen-bond acceptors (Lipinski definition) is 2. The molecule has 0 aliphatic carbocycles. The van der Waals surface area contributed by atoms with Gasteiger partial charge in [0.15, 0.2) is 0 Å². The van der Waals surface area contributed by atoms with Gasteiger partial charge in [-0.2, -0.15) is 16.5 Å². The molecule has 0 saturated heterocycles. The topological polar surface area (TPSA) is 0 Å². The highest BCUT2D eigenvalue weighted by Crippen LogP contribution is 2.05. The second-order valence-corrected chi connectivity index (χ2v) is 2.56. The van der Waals surface area contributed by atoms with Gasteiger partial charge < -0.3 is 0 Å². The first kappa shape index (κ1) is 6.63. The Kier molecular flexibility index (Phi) is 4.21. The van der Waals surface area contributed by atoms with E-state index in [0.29, 0.717) is 17.9 Å². The van der Waals surface area contributed by atoms with Crippen LogP contribution in [0.2, 0.25) is 0 Å². The molecule has 0 radical (unpaired) electrons. The van der Waals surface area contributed by atoms with E-state index in [-0.39, 0.29) is 5.25 Å². The quantitative estimate of drug-likeness (QED) is 0.551. The Balaban J connectivity index is 2.63. The minimum absolute atomic E-state index is 0.181. The lowest BCUT2D eigenvalue weighted by Gasteiger charge is -1.91. The Morgan fingerprint density at radius 2 is 2.50 bits per heavy atom. The number of hydrogen-bond donors (Lipinski definition) is 1. The average molecular weight is 126 g/mol. The van der Waals surface area contributed by atoms with Crippen molar-refractivity contribution in [2.24, 2.45) is 0 Å². The molecular weight excluding hydrogens is 119 g/mol. The van der Waals surface area contributed by atoms with Crippen molar-refractivity contribution < 1.29 is 3.89 Å². The van der Waals surface area contributed by atoms with Gasteiger partial charge in [-0.25, -0.2) is 0 Å². The first-order valence-corrected chi connectivity index (χ1v) is 3.09. The Hall–Kier alpha value is 0.630. The average Bonchev–Trinajstić information content (AvgIpc) is 1.35. The first-order valence-electron chi connectivity index (χ1n) is 1.69. The Morgan fingerprint density at radius 1 is 2.00 bits per heavy atom. The fraction of sp³-hybridized carbons (Fsp3) is 1.00. The van der Waals surface area contributed by atoms with Crippen LogP contribution in [-0.2, 0) is 0 Å². The van der Waals surface area contributed by atoms with Crippen LogP contribution >= 0.6 is 24.8 Å². The van der Waals surface area contributed by atoms with Gasteiger partial charge >= 0.3 is 0 Å². The van der Waals surface area contributed by atoms with Crippen LogP contribution in [0.3, 0.4) is 0 Å². The molecule has 3 heteroatoms. The molecule has 0 saturated carbocycles. The van der Waals surface area contributed by atoms with Crippen molar-refractivity contribution in [3.63, 3.8) is 0 Å². The van der Waals surface area contributed by atoms with Gasteiger partial charge in [-0.1, -0.05) is 6.92 Å². The molecule has 0 aliphatic rings. The van der Waals surface area contributed by atoms with Crippen LogP contribution < -0.4 is 0 Å². The second-order valence-electron chi connectivity index (χ2n) is 1.12. The van der Waals surface area contributed by atoms with Crippen molar-refractivity contribution in [1.29, 1.82) is 0 Å². The van der Waals surface area contributed by atoms with Gasteiger partial charge in [0.25, 0.3) is 0 Å². The SMILES string of the molecule is CC(S)CSF. The molecule has 0 rings (SSSR count). The molecule has 0 aromatic heterocycles. The fourth-order valence-electron chi connectivity index (χ4n) is 0.0912. The van der Waals surface area contributed by atoms with E-state index < -0.39 is 0 Å². The third-order valence-electron chi connectivity index (χ3n) is 0.304. The minimum atomic E-state index is 0.181. The van der Waals surface area contributed by atoms with E-state index in [2.05, 4.69) is 12.6 Å². The normalized spacial score (nSPS) is 14.5. The zero-order valence-electron chi connectivity index (χ0n) is 3.52. The first-order chi connectivity index (χ1) is 2.77. The van der Waals surface area contributed by atoms with Gasteiger partial charge in [-0.3, -0.25) is 0 Å². The molecule has 0 aromatic carbocycles. The Morgan fingerprint density at radius 3 is 2.50 bits per heavy atom. The molecule has 0 amide bonds. The van der Waals surface area contributed by atoms with Crippen LogP contribution in [0.15, 0.2) is 0 Å². The van der Waals surface area contributed by atoms with Gasteiger partial charge in [-0.05, 0) is 0 Å². The van der Waals surface area contributed by atoms with Crippen molar-refractivity contribution in [2.75, 3.05) is 5.75 Å². The van der Waals surface area contributed by atoms with Gasteiger partial charge in [0, 0.05) is 23.2 Å². The molecule has 38 valence electrons. The Bertz CT molecular complexity index is 30.0. The molecule has 0 fully saturated rings. The summed E-state index contributed by atoms with van der Waals surface area (Å²) >= 11 is 4.25. The zero-order chi connectivity index (χ0) is 4.99. The molecule has 0 aromatic rings. The molecular formula is C3H7FS2. The second kappa shape index (κ2) is 3.81. The van der Waals surface area contributed by atoms with Gasteiger partial charge in [0.05, 0.1) is 0 Å². The summed E-state index contributed by atoms with van der Waals surface area (Å²) in [5.74, 6) is 0.489. The summed E-state index contributed by atoms with van der Waals surface area (Å²) < 4.78 is 11.1. The molecule has 0 nitrogen and oxygen atoms in total. The summed E-state index contributed by atoms with van der Waals surface area (Å²) in [6.07, 6.45) is 0. The van der Waals surface area contributed by atoms with Crippen LogP contribution in [0.4, 0.5) is 3.89 Å². The van der Waals surface area contributed by atoms with E-state index in [9.17, 15) is 3.89 Å². The lowest BCUT2D eigenvalue weighted by atomic mass is 10.6. The molecule has 0 spiro atoms. The molecule has 0 N–H and O–H groups in total. The molecule has 1 atom stereocenters. The van der Waals surface area contributed by atoms with Crippen LogP contribution in [-0.4, -0.2) is 11.0 Å². The fourth-order valence-corrected chi connectivity index (χ4v) is 0.443. The van der Waals surface area contributed by atoms with Crippen LogP contribution in [0.25, 0.3) is 0 Å². The number of halogens is 1. The van der Waals surface area contributed by atoms with E-state index in [4.69, 9.17) is 0 Å². The molecule has 1 unspecified atom stereocenters. The summed E-state index contributed by atoms with van der Waals surface area (Å²) in [5, 5.41) is 0.181. The Labute approximate surface area is 47.2 Å². The third-order valence-corrected chi connectivity index (χ3v) is 1.36. The molecule has 0 bridgehead atoms. The maximum atomic E-state index is 11.1. The largest absolute Gasteiger partial charge is 0.175 e. The van der Waals surface area contributed by atoms with Crippen molar-refractivity contribution in [3.8, 4) is 0 Å². The van der Waals surface area contributed by atoms with Crippen molar-refractivity contribution in [1.82, 2.24) is 0 Å². The zero-order valence-corrected chi connectivity index (χ0v) is 5.23. The maximum absolute atomic E-state index is 11.1. The highest BCUT2D eigenvalue weighted by molar-refractivity contribution is 7.95. The van der Waals surface area contributed by atoms with Crippen LogP contribution in [0.1, 0.15) is 6.92 Å². The molecule has 6 heavy (non-hydrogen) atoms. The van der Waals surface area contributed by atoms with Crippen molar-refractivity contribution in [3.05, 3.63) is 0 Å². The lowest BCUT2D eigenvalue weighted by Crippen LogP contribution is -1.90. The summed E-state index contributed by atoms with van der Waals surface area (Å²) in [6.45, 7) is 1.86. The monoisotopic (exact) mass is 126 g/mol. The van der Waals surface area contributed by atoms with E-state index in [0.717, 1.165) is 0 Å². The van der Waals surface area contributed by atoms with E-state index >= 15 is 0 Å². The lowest BCUT2D eigenvalue weighted by molar-refractivity contribution is 0.926. The third kappa shape index (κ3) is 4.63. The summed E-state index contributed by atoms with van der Waals surface area (Å²) in [5.41, 5.74) is 0. The van der Waals surface area contributed by atoms with Gasteiger partial charge in [0.2, 0.25) is 0 Å². The van der Waals surface area contributed by atoms with E-state index in [1.807, 2.05) is 6.92 Å². The number of thiol groups is 1. The summed E-state index contributed by atoms with van der Waals surface area (Å²) in [4.78, 5) is 0. The smallest absolute Gasteiger partial charge is 0.0454 e. The predicted octanol–water partition coefficient (Wildman–Crippen LogP) is 1.92. The van der Waals surface area contributed by atoms with Gasteiger partial charge in [-0.15, -0.1) is 0 Å². The van der Waals surface area contributed by atoms with E-state index in [1.54, 1.807) is 0 Å².